The first-order valence-electron chi connectivity index (χ1n) is 27.4. The molecule has 30 heteroatoms. The first-order valence-corrected chi connectivity index (χ1v) is 28.8. The molecule has 17 N–H and O–H groups in total. The summed E-state index contributed by atoms with van der Waals surface area (Å²) in [6.45, 7) is 3.39. The Morgan fingerprint density at radius 1 is 0.741 bits per heavy atom. The molecule has 3 saturated heterocycles. The Balaban J connectivity index is 1.74. The molecule has 8 amide bonds. The summed E-state index contributed by atoms with van der Waals surface area (Å²) >= 11 is 0. The van der Waals surface area contributed by atoms with E-state index in [4.69, 9.17) is 5.73 Å². The molecular formula is C51H82N8O21S. The topological polar surface area (TPSA) is 475 Å². The van der Waals surface area contributed by atoms with Gasteiger partial charge in [-0.1, -0.05) is 97.0 Å². The van der Waals surface area contributed by atoms with E-state index in [2.05, 4.69) is 27.1 Å². The van der Waals surface area contributed by atoms with Crippen LogP contribution >= 0.6 is 0 Å². The van der Waals surface area contributed by atoms with Crippen LogP contribution in [-0.2, 0) is 48.8 Å². The van der Waals surface area contributed by atoms with E-state index in [1.165, 1.54) is 45.4 Å². The smallest absolute Gasteiger partial charge is 0.446 e. The number of phenolic OH excluding ortho intramolecular Hbond substituents is 1. The molecule has 3 aliphatic rings. The van der Waals surface area contributed by atoms with Crippen LogP contribution in [0.5, 0.6) is 11.5 Å². The largest absolute Gasteiger partial charge is 0.504 e. The lowest BCUT2D eigenvalue weighted by Crippen LogP contribution is -2.64. The van der Waals surface area contributed by atoms with Gasteiger partial charge in [-0.15, -0.1) is 0 Å². The first kappa shape index (κ1) is 67.7. The number of hydrogen-bond acceptors (Lipinski definition) is 20. The zero-order chi connectivity index (χ0) is 60.5. The average molecular weight is 1180 g/mol. The molecule has 458 valence electrons. The third-order valence-electron chi connectivity index (χ3n) is 14.6. The van der Waals surface area contributed by atoms with E-state index in [9.17, 15) is 97.3 Å². The Labute approximate surface area is 469 Å². The average Bonchev–Trinajstić information content (AvgIpc) is 3.94. The quantitative estimate of drug-likeness (QED) is 0.0351. The molecule has 0 spiro atoms. The summed E-state index contributed by atoms with van der Waals surface area (Å²) in [6.07, 6.45) is -6.43. The summed E-state index contributed by atoms with van der Waals surface area (Å²) < 4.78 is 36.6. The number of phenols is 1. The Morgan fingerprint density at radius 3 is 1.86 bits per heavy atom. The maximum atomic E-state index is 14.6. The Morgan fingerprint density at radius 2 is 1.30 bits per heavy atom. The van der Waals surface area contributed by atoms with Gasteiger partial charge in [-0.05, 0) is 31.0 Å². The van der Waals surface area contributed by atoms with Crippen LogP contribution in [0.15, 0.2) is 18.2 Å². The summed E-state index contributed by atoms with van der Waals surface area (Å²) in [5, 5.41) is 111. The van der Waals surface area contributed by atoms with Crippen molar-refractivity contribution in [2.24, 2.45) is 11.7 Å². The number of hydrogen-bond donors (Lipinski definition) is 16. The molecular weight excluding hydrogens is 1090 g/mol. The first-order chi connectivity index (χ1) is 38.1. The molecule has 1 aromatic carbocycles. The van der Waals surface area contributed by atoms with E-state index in [-0.39, 0.29) is 6.42 Å². The number of aromatic hydroxyl groups is 1. The minimum Gasteiger partial charge on any atom is -0.504 e. The highest BCUT2D eigenvalue weighted by Crippen LogP contribution is 2.33. The van der Waals surface area contributed by atoms with Crippen LogP contribution in [0.3, 0.4) is 0 Å². The number of carbonyl (C=O) groups is 8. The summed E-state index contributed by atoms with van der Waals surface area (Å²) in [4.78, 5) is 113. The zero-order valence-electron chi connectivity index (χ0n) is 45.7. The van der Waals surface area contributed by atoms with Gasteiger partial charge in [0.25, 0.3) is 0 Å². The van der Waals surface area contributed by atoms with E-state index < -0.39 is 198 Å². The van der Waals surface area contributed by atoms with E-state index in [0.29, 0.717) is 28.7 Å². The van der Waals surface area contributed by atoms with Gasteiger partial charge < -0.3 is 92.3 Å². The molecule has 0 aromatic heterocycles. The summed E-state index contributed by atoms with van der Waals surface area (Å²) in [5.74, 6) is -13.3. The predicted molar refractivity (Wildman–Crippen MR) is 282 cm³/mol. The normalized spacial score (nSPS) is 28.0. The highest BCUT2D eigenvalue weighted by Gasteiger charge is 2.51. The van der Waals surface area contributed by atoms with Crippen molar-refractivity contribution < 1.29 is 101 Å². The molecule has 0 aliphatic carbocycles. The monoisotopic (exact) mass is 1170 g/mol. The lowest BCUT2D eigenvalue weighted by atomic mass is 9.96. The van der Waals surface area contributed by atoms with Crippen LogP contribution < -0.4 is 36.5 Å². The second kappa shape index (κ2) is 31.6. The van der Waals surface area contributed by atoms with Crippen LogP contribution in [0, 0.1) is 5.92 Å². The number of nitrogens with one attached hydrogen (secondary N) is 5. The molecule has 0 bridgehead atoms. The lowest BCUT2D eigenvalue weighted by Gasteiger charge is -2.34. The fraction of sp³-hybridized carbons (Fsp3) is 0.725. The van der Waals surface area contributed by atoms with E-state index >= 15 is 0 Å². The predicted octanol–water partition coefficient (Wildman–Crippen LogP) is -3.63. The van der Waals surface area contributed by atoms with Gasteiger partial charge in [0.15, 0.2) is 17.7 Å². The van der Waals surface area contributed by atoms with Crippen molar-refractivity contribution >= 4 is 57.7 Å². The molecule has 3 heterocycles. The summed E-state index contributed by atoms with van der Waals surface area (Å²) in [6, 6.07) is -10.5. The highest BCUT2D eigenvalue weighted by atomic mass is 32.3. The molecule has 0 radical (unpaired) electrons. The number of rotatable bonds is 24. The molecule has 4 unspecified atom stereocenters. The number of aliphatic hydroxyl groups excluding tert-OH is 8. The van der Waals surface area contributed by atoms with Gasteiger partial charge in [-0.2, -0.15) is 8.42 Å². The van der Waals surface area contributed by atoms with Crippen LogP contribution in [0.2, 0.25) is 0 Å². The van der Waals surface area contributed by atoms with Crippen molar-refractivity contribution in [1.29, 1.82) is 0 Å². The van der Waals surface area contributed by atoms with Gasteiger partial charge in [0, 0.05) is 38.3 Å². The number of carbonyl (C=O) groups excluding carboxylic acids is 8. The number of benzene rings is 1. The molecule has 15 atom stereocenters. The fourth-order valence-electron chi connectivity index (χ4n) is 10.1. The molecule has 0 saturated carbocycles. The number of aliphatic hydroxyl groups is 8. The van der Waals surface area contributed by atoms with Gasteiger partial charge in [0.05, 0.1) is 30.8 Å². The number of nitrogens with two attached hydrogens (primary N) is 1. The van der Waals surface area contributed by atoms with Gasteiger partial charge in [0.1, 0.15) is 54.6 Å². The zero-order valence-corrected chi connectivity index (χ0v) is 46.5. The maximum Gasteiger partial charge on any atom is 0.446 e. The summed E-state index contributed by atoms with van der Waals surface area (Å²) in [7, 11) is -5.33. The number of nitrogens with zero attached hydrogens (tertiary/aromatic N) is 2. The molecule has 3 aliphatic heterocycles. The van der Waals surface area contributed by atoms with Crippen LogP contribution in [-0.4, -0.2) is 208 Å². The Kier molecular flexibility index (Phi) is 26.4. The second-order valence-corrected chi connectivity index (χ2v) is 22.3. The Bertz CT molecular complexity index is 2440. The van der Waals surface area contributed by atoms with E-state index in [1.807, 2.05) is 10.6 Å². The molecule has 4 rings (SSSR count). The third-order valence-corrected chi connectivity index (χ3v) is 15.0. The van der Waals surface area contributed by atoms with Crippen LogP contribution in [0.25, 0.3) is 0 Å². The number of fused-ring (bicyclic) bond motifs is 2. The molecule has 29 nitrogen and oxygen atoms in total. The molecule has 1 aromatic rings. The van der Waals surface area contributed by atoms with Crippen LogP contribution in [0.1, 0.15) is 142 Å². The molecule has 81 heavy (non-hydrogen) atoms. The lowest BCUT2D eigenvalue weighted by molar-refractivity contribution is -0.149. The van der Waals surface area contributed by atoms with Crippen molar-refractivity contribution in [2.75, 3.05) is 13.1 Å². The minimum atomic E-state index is -5.33. The SMILES string of the molecule is CCCCCCCCCCCCCCCC(=O)N[C@@H]1C[C@@H](O)[C@@H](O)NC(=O)[C@@H]2[C@@H](O)[C@@H](C)CN2C(=O)[C@H](C(O)CC(N)=O)NC(=O)[C@H](C(O)C(O)c2ccc(O)c(OS(=O)(=O)O)c2)NC(=O)[C@@H]2C[C@@H](O)CN2C(=O)[C@H](C(C)O)NC1=O. The minimum absolute atomic E-state index is 0.114. The van der Waals surface area contributed by atoms with Crippen molar-refractivity contribution in [1.82, 2.24) is 36.4 Å². The highest BCUT2D eigenvalue weighted by molar-refractivity contribution is 7.81. The van der Waals surface area contributed by atoms with Crippen molar-refractivity contribution in [2.45, 2.75) is 215 Å². The van der Waals surface area contributed by atoms with Gasteiger partial charge in [-0.3, -0.25) is 42.9 Å². The van der Waals surface area contributed by atoms with E-state index in [0.717, 1.165) is 51.2 Å². The van der Waals surface area contributed by atoms with Gasteiger partial charge in [0.2, 0.25) is 47.3 Å². The number of primary amides is 1. The van der Waals surface area contributed by atoms with Crippen molar-refractivity contribution in [3.8, 4) is 11.5 Å². The van der Waals surface area contributed by atoms with Gasteiger partial charge >= 0.3 is 10.4 Å². The standard InChI is InChI=1S/C51H82N8O21S/c1-4-5-6-7-8-9-10-11-12-13-14-15-16-17-37(66)53-30-22-34(64)47(72)57-49(74)41-42(67)26(2)24-59(41)51(76)39(33(63)23-36(52)65)55-48(73)40(44(69)43(68)28-18-19-32(62)35(20-28)80-81(77,78)79)56-46(71)31-21-29(61)25-58(31)50(75)38(27(3)60)54-45(30)70/h18-20,26-27,29-31,33-34,38-44,47,60-64,67-69,72H,4-17,21-25H2,1-3H3,(H2,52,65)(H,53,66)(H,54,70)(H,55,73)(H,56,71)(H,57,74)(H,77,78,79)/t26-,27?,29+,30+,31-,33?,34+,38-,39-,40-,41-,42-,43?,44?,47+/m0/s1. The van der Waals surface area contributed by atoms with Gasteiger partial charge in [-0.25, -0.2) is 0 Å². The maximum absolute atomic E-state index is 14.6. The third kappa shape index (κ3) is 19.9. The molecule has 3 fully saturated rings. The van der Waals surface area contributed by atoms with E-state index in [1.54, 1.807) is 0 Å². The fourth-order valence-corrected chi connectivity index (χ4v) is 10.4. The Hall–Kier alpha value is -5.83. The number of amides is 8. The van der Waals surface area contributed by atoms with Crippen molar-refractivity contribution in [3.05, 3.63) is 23.8 Å². The van der Waals surface area contributed by atoms with Crippen LogP contribution in [0.4, 0.5) is 0 Å². The van der Waals surface area contributed by atoms with Crippen molar-refractivity contribution in [3.63, 3.8) is 0 Å². The number of unbranched alkanes of at least 4 members (excludes halogenated alkanes) is 12. The summed E-state index contributed by atoms with van der Waals surface area (Å²) in [5.41, 5.74) is 4.75. The second-order valence-electron chi connectivity index (χ2n) is 21.3.